The minimum absolute atomic E-state index is 0.0719. The van der Waals surface area contributed by atoms with Gasteiger partial charge < -0.3 is 20.0 Å². The molecule has 1 aromatic carbocycles. The fraction of sp³-hybridized carbons (Fsp3) is 0.655. The summed E-state index contributed by atoms with van der Waals surface area (Å²) in [6.45, 7) is 12.4. The standard InChI is InChI=1S/C29H45IN4O2/c1-22(2)13-20-34(25-11-9-24(30)10-12-25)26-14-18-32(19-15-26)28(35)27(21-23(3)4)31-29(36)33-16-7-5-6-8-17-33/h9-13,23,26-27H,5-8,14-21H2,1-4H3,(H,31,36)/t27-/m1/s1. The van der Waals surface area contributed by atoms with Gasteiger partial charge in [-0.1, -0.05) is 38.3 Å². The number of hydrogen-bond donors (Lipinski definition) is 1. The maximum atomic E-state index is 13.6. The summed E-state index contributed by atoms with van der Waals surface area (Å²) in [5.74, 6) is 0.414. The van der Waals surface area contributed by atoms with Crippen molar-refractivity contribution in [2.75, 3.05) is 37.6 Å². The summed E-state index contributed by atoms with van der Waals surface area (Å²) in [6, 6.07) is 8.60. The zero-order chi connectivity index (χ0) is 26.1. The second-order valence-electron chi connectivity index (χ2n) is 11.0. The number of rotatable bonds is 8. The Morgan fingerprint density at radius 3 is 2.17 bits per heavy atom. The smallest absolute Gasteiger partial charge is 0.318 e. The first-order chi connectivity index (χ1) is 17.2. The van der Waals surface area contributed by atoms with Crippen LogP contribution in [-0.4, -0.2) is 66.5 Å². The molecule has 1 N–H and O–H groups in total. The Labute approximate surface area is 232 Å². The van der Waals surface area contributed by atoms with Crippen molar-refractivity contribution >= 4 is 40.2 Å². The molecule has 2 aliphatic rings. The highest BCUT2D eigenvalue weighted by atomic mass is 127. The van der Waals surface area contributed by atoms with Crippen LogP contribution in [0, 0.1) is 9.49 Å². The van der Waals surface area contributed by atoms with E-state index in [0.29, 0.717) is 18.4 Å². The van der Waals surface area contributed by atoms with Crippen LogP contribution in [0.3, 0.4) is 0 Å². The second kappa shape index (κ2) is 14.2. The predicted molar refractivity (Wildman–Crippen MR) is 157 cm³/mol. The molecule has 0 unspecified atom stereocenters. The normalized spacial score (nSPS) is 17.9. The lowest BCUT2D eigenvalue weighted by Crippen LogP contribution is -2.55. The van der Waals surface area contributed by atoms with Crippen molar-refractivity contribution in [1.82, 2.24) is 15.1 Å². The molecule has 0 bridgehead atoms. The molecule has 6 nitrogen and oxygen atoms in total. The zero-order valence-electron chi connectivity index (χ0n) is 22.6. The molecule has 0 saturated carbocycles. The Kier molecular flexibility index (Phi) is 11.4. The number of nitrogens with zero attached hydrogens (tertiary/aromatic N) is 3. The Hall–Kier alpha value is -1.77. The summed E-state index contributed by atoms with van der Waals surface area (Å²) in [4.78, 5) is 33.0. The van der Waals surface area contributed by atoms with Crippen molar-refractivity contribution in [3.8, 4) is 0 Å². The van der Waals surface area contributed by atoms with Gasteiger partial charge >= 0.3 is 6.03 Å². The molecule has 3 rings (SSSR count). The summed E-state index contributed by atoms with van der Waals surface area (Å²) in [7, 11) is 0. The second-order valence-corrected chi connectivity index (χ2v) is 12.2. The number of halogens is 1. The average molecular weight is 609 g/mol. The number of carbonyl (C=O) groups is 2. The van der Waals surface area contributed by atoms with E-state index in [2.05, 4.69) is 90.8 Å². The molecular formula is C29H45IN4O2. The van der Waals surface area contributed by atoms with Crippen molar-refractivity contribution in [2.24, 2.45) is 5.92 Å². The number of amides is 3. The molecular weight excluding hydrogens is 563 g/mol. The topological polar surface area (TPSA) is 55.9 Å². The summed E-state index contributed by atoms with van der Waals surface area (Å²) in [5, 5.41) is 3.12. The van der Waals surface area contributed by atoms with Gasteiger partial charge in [-0.2, -0.15) is 0 Å². The van der Waals surface area contributed by atoms with Gasteiger partial charge in [-0.25, -0.2) is 4.79 Å². The SMILES string of the molecule is CC(C)=CCN(c1ccc(I)cc1)C1CCN(C(=O)[C@@H](CC(C)C)NC(=O)N2CCCCCC2)CC1. The molecule has 0 spiro atoms. The summed E-state index contributed by atoms with van der Waals surface area (Å²) >= 11 is 2.35. The van der Waals surface area contributed by atoms with E-state index in [1.165, 1.54) is 27.7 Å². The first-order valence-corrected chi connectivity index (χ1v) is 14.8. The highest BCUT2D eigenvalue weighted by Gasteiger charge is 2.32. The lowest BCUT2D eigenvalue weighted by molar-refractivity contribution is -0.134. The van der Waals surface area contributed by atoms with Gasteiger partial charge in [-0.3, -0.25) is 4.79 Å². The summed E-state index contributed by atoms with van der Waals surface area (Å²) < 4.78 is 1.23. The molecule has 200 valence electrons. The minimum atomic E-state index is -0.449. The number of allylic oxidation sites excluding steroid dienone is 1. The van der Waals surface area contributed by atoms with Crippen molar-refractivity contribution in [3.63, 3.8) is 0 Å². The van der Waals surface area contributed by atoms with Gasteiger partial charge in [0, 0.05) is 48.0 Å². The number of nitrogens with one attached hydrogen (secondary N) is 1. The molecule has 1 aromatic rings. The summed E-state index contributed by atoms with van der Waals surface area (Å²) in [6.07, 6.45) is 9.28. The third-order valence-corrected chi connectivity index (χ3v) is 7.99. The van der Waals surface area contributed by atoms with Crippen molar-refractivity contribution in [2.45, 2.75) is 84.7 Å². The number of piperidine rings is 1. The molecule has 2 fully saturated rings. The van der Waals surface area contributed by atoms with Crippen LogP contribution in [0.2, 0.25) is 0 Å². The highest BCUT2D eigenvalue weighted by Crippen LogP contribution is 2.26. The Morgan fingerprint density at radius 2 is 1.61 bits per heavy atom. The van der Waals surface area contributed by atoms with Crippen molar-refractivity contribution < 1.29 is 9.59 Å². The van der Waals surface area contributed by atoms with E-state index in [1.54, 1.807) is 0 Å². The molecule has 36 heavy (non-hydrogen) atoms. The third kappa shape index (κ3) is 8.67. The highest BCUT2D eigenvalue weighted by molar-refractivity contribution is 14.1. The van der Waals surface area contributed by atoms with Crippen LogP contribution < -0.4 is 10.2 Å². The largest absolute Gasteiger partial charge is 0.365 e. The van der Waals surface area contributed by atoms with Crippen LogP contribution in [-0.2, 0) is 4.79 Å². The van der Waals surface area contributed by atoms with Gasteiger partial charge in [0.05, 0.1) is 0 Å². The van der Waals surface area contributed by atoms with Gasteiger partial charge in [0.2, 0.25) is 5.91 Å². The Balaban J connectivity index is 1.64. The number of benzene rings is 1. The van der Waals surface area contributed by atoms with E-state index in [4.69, 9.17) is 0 Å². The number of hydrogen-bond acceptors (Lipinski definition) is 3. The van der Waals surface area contributed by atoms with Crippen LogP contribution in [0.15, 0.2) is 35.9 Å². The number of likely N-dealkylation sites (tertiary alicyclic amines) is 2. The lowest BCUT2D eigenvalue weighted by atomic mass is 9.98. The monoisotopic (exact) mass is 608 g/mol. The number of carbonyl (C=O) groups excluding carboxylic acids is 2. The van der Waals surface area contributed by atoms with Gasteiger partial charge in [-0.15, -0.1) is 0 Å². The molecule has 2 saturated heterocycles. The quantitative estimate of drug-likeness (QED) is 0.289. The van der Waals surface area contributed by atoms with E-state index in [9.17, 15) is 9.59 Å². The number of anilines is 1. The van der Waals surface area contributed by atoms with E-state index in [0.717, 1.165) is 58.4 Å². The Morgan fingerprint density at radius 1 is 1.00 bits per heavy atom. The van der Waals surface area contributed by atoms with E-state index in [-0.39, 0.29) is 11.9 Å². The fourth-order valence-corrected chi connectivity index (χ4v) is 5.56. The number of urea groups is 1. The van der Waals surface area contributed by atoms with Crippen LogP contribution in [0.4, 0.5) is 10.5 Å². The summed E-state index contributed by atoms with van der Waals surface area (Å²) in [5.41, 5.74) is 2.55. The average Bonchev–Trinajstić information content (AvgIpc) is 3.14. The predicted octanol–water partition coefficient (Wildman–Crippen LogP) is 6.06. The van der Waals surface area contributed by atoms with Gasteiger partial charge in [0.25, 0.3) is 0 Å². The van der Waals surface area contributed by atoms with E-state index in [1.807, 2.05) is 9.80 Å². The van der Waals surface area contributed by atoms with Crippen LogP contribution in [0.25, 0.3) is 0 Å². The molecule has 2 heterocycles. The van der Waals surface area contributed by atoms with Crippen molar-refractivity contribution in [1.29, 1.82) is 0 Å². The maximum Gasteiger partial charge on any atom is 0.318 e. The third-order valence-electron chi connectivity index (χ3n) is 7.27. The molecule has 2 aliphatic heterocycles. The minimum Gasteiger partial charge on any atom is -0.365 e. The molecule has 0 radical (unpaired) electrons. The maximum absolute atomic E-state index is 13.6. The van der Waals surface area contributed by atoms with Gasteiger partial charge in [0.15, 0.2) is 0 Å². The van der Waals surface area contributed by atoms with Crippen LogP contribution in [0.1, 0.15) is 72.6 Å². The van der Waals surface area contributed by atoms with Gasteiger partial charge in [0.1, 0.15) is 6.04 Å². The lowest BCUT2D eigenvalue weighted by Gasteiger charge is -2.40. The first-order valence-electron chi connectivity index (χ1n) is 13.7. The molecule has 1 atom stereocenters. The van der Waals surface area contributed by atoms with Crippen molar-refractivity contribution in [3.05, 3.63) is 39.5 Å². The molecule has 3 amide bonds. The van der Waals surface area contributed by atoms with E-state index >= 15 is 0 Å². The van der Waals surface area contributed by atoms with Crippen LogP contribution >= 0.6 is 22.6 Å². The Bertz CT molecular complexity index is 866. The van der Waals surface area contributed by atoms with Crippen LogP contribution in [0.5, 0.6) is 0 Å². The van der Waals surface area contributed by atoms with E-state index < -0.39 is 6.04 Å². The fourth-order valence-electron chi connectivity index (χ4n) is 5.20. The zero-order valence-corrected chi connectivity index (χ0v) is 24.8. The molecule has 0 aliphatic carbocycles. The first kappa shape index (κ1) is 28.8. The van der Waals surface area contributed by atoms with Gasteiger partial charge in [-0.05, 0) is 98.7 Å². The molecule has 7 heteroatoms. The molecule has 0 aromatic heterocycles.